The van der Waals surface area contributed by atoms with Crippen molar-refractivity contribution in [2.24, 2.45) is 0 Å². The van der Waals surface area contributed by atoms with Gasteiger partial charge < -0.3 is 10.5 Å². The fraction of sp³-hybridized carbons (Fsp3) is 0.0909. The first-order valence-corrected chi connectivity index (χ1v) is 5.39. The van der Waals surface area contributed by atoms with Crippen molar-refractivity contribution >= 4 is 11.5 Å². The summed E-state index contributed by atoms with van der Waals surface area (Å²) in [5.74, 6) is -1.07. The lowest BCUT2D eigenvalue weighted by atomic mass is 10.1. The van der Waals surface area contributed by atoms with Gasteiger partial charge in [0, 0.05) is 5.56 Å². The molecule has 1 aromatic heterocycles. The predicted molar refractivity (Wildman–Crippen MR) is 65.2 cm³/mol. The van der Waals surface area contributed by atoms with Crippen molar-refractivity contribution < 1.29 is 22.8 Å². The quantitative estimate of drug-likeness (QED) is 0.690. The number of aromatic nitrogens is 2. The van der Waals surface area contributed by atoms with Crippen molar-refractivity contribution in [1.82, 2.24) is 9.97 Å². The van der Waals surface area contributed by atoms with Crippen LogP contribution in [0.3, 0.4) is 0 Å². The van der Waals surface area contributed by atoms with Gasteiger partial charge in [-0.2, -0.15) is 0 Å². The molecule has 1 aromatic carbocycles. The molecular weight excluding hydrogens is 293 g/mol. The highest BCUT2D eigenvalue weighted by molar-refractivity contribution is 5.79. The molecule has 0 fully saturated rings. The molecule has 0 amide bonds. The van der Waals surface area contributed by atoms with Gasteiger partial charge in [-0.15, -0.1) is 13.2 Å². The highest BCUT2D eigenvalue weighted by Crippen LogP contribution is 2.38. The average molecular weight is 300 g/mol. The number of rotatable bonds is 3. The molecule has 0 saturated heterocycles. The predicted octanol–water partition coefficient (Wildman–Crippen LogP) is 2.53. The summed E-state index contributed by atoms with van der Waals surface area (Å²) in [6, 6.07) is 4.91. The minimum absolute atomic E-state index is 0.212. The Kier molecular flexibility index (Phi) is 3.61. The summed E-state index contributed by atoms with van der Waals surface area (Å²) in [5, 5.41) is 11.0. The molecular formula is C11H7F3N4O3. The highest BCUT2D eigenvalue weighted by atomic mass is 19.4. The molecule has 7 nitrogen and oxygen atoms in total. The van der Waals surface area contributed by atoms with E-state index in [4.69, 9.17) is 5.73 Å². The Morgan fingerprint density at radius 3 is 2.52 bits per heavy atom. The second-order valence-electron chi connectivity index (χ2n) is 3.76. The van der Waals surface area contributed by atoms with E-state index in [-0.39, 0.29) is 11.3 Å². The smallest absolute Gasteiger partial charge is 0.405 e. The van der Waals surface area contributed by atoms with Gasteiger partial charge in [0.25, 0.3) is 0 Å². The molecule has 0 bridgehead atoms. The Morgan fingerprint density at radius 2 is 1.90 bits per heavy atom. The molecule has 0 saturated carbocycles. The highest BCUT2D eigenvalue weighted by Gasteiger charge is 2.33. The summed E-state index contributed by atoms with van der Waals surface area (Å²) < 4.78 is 40.9. The minimum atomic E-state index is -4.94. The van der Waals surface area contributed by atoms with Gasteiger partial charge in [-0.1, -0.05) is 12.1 Å². The average Bonchev–Trinajstić information content (AvgIpc) is 2.36. The van der Waals surface area contributed by atoms with Crippen LogP contribution in [0.2, 0.25) is 0 Å². The van der Waals surface area contributed by atoms with E-state index in [0.29, 0.717) is 0 Å². The van der Waals surface area contributed by atoms with Crippen LogP contribution >= 0.6 is 0 Å². The lowest BCUT2D eigenvalue weighted by Gasteiger charge is -2.12. The lowest BCUT2D eigenvalue weighted by Crippen LogP contribution is -2.17. The third kappa shape index (κ3) is 3.16. The number of anilines is 1. The van der Waals surface area contributed by atoms with Crippen LogP contribution in [0.1, 0.15) is 0 Å². The van der Waals surface area contributed by atoms with Crippen LogP contribution in [-0.4, -0.2) is 21.3 Å². The summed E-state index contributed by atoms with van der Waals surface area (Å²) in [6.07, 6.45) is -4.02. The molecule has 2 aromatic rings. The maximum Gasteiger partial charge on any atom is 0.573 e. The first kappa shape index (κ1) is 14.5. The van der Waals surface area contributed by atoms with Gasteiger partial charge in [0.15, 0.2) is 5.69 Å². The van der Waals surface area contributed by atoms with Crippen molar-refractivity contribution in [1.29, 1.82) is 0 Å². The molecule has 0 radical (unpaired) electrons. The van der Waals surface area contributed by atoms with Crippen molar-refractivity contribution in [3.63, 3.8) is 0 Å². The van der Waals surface area contributed by atoms with E-state index in [9.17, 15) is 23.3 Å². The first-order valence-electron chi connectivity index (χ1n) is 5.39. The molecule has 110 valence electrons. The van der Waals surface area contributed by atoms with Crippen LogP contribution in [0, 0.1) is 10.1 Å². The van der Waals surface area contributed by atoms with E-state index in [1.807, 2.05) is 0 Å². The summed E-state index contributed by atoms with van der Waals surface area (Å²) in [4.78, 5) is 17.2. The van der Waals surface area contributed by atoms with Gasteiger partial charge in [0.1, 0.15) is 12.1 Å². The summed E-state index contributed by atoms with van der Waals surface area (Å²) >= 11 is 0. The zero-order chi connectivity index (χ0) is 15.6. The number of nitrogen functional groups attached to an aromatic ring is 1. The summed E-state index contributed by atoms with van der Waals surface area (Å²) in [7, 11) is 0. The molecule has 2 N–H and O–H groups in total. The SMILES string of the molecule is Nc1ncnc(-c2ccccc2OC(F)(F)F)c1[N+](=O)[O-]. The Labute approximate surface area is 115 Å². The second-order valence-corrected chi connectivity index (χ2v) is 3.76. The second kappa shape index (κ2) is 5.23. The van der Waals surface area contributed by atoms with Gasteiger partial charge in [0.05, 0.1) is 4.92 Å². The number of nitrogens with two attached hydrogens (primary N) is 1. The van der Waals surface area contributed by atoms with E-state index in [1.54, 1.807) is 0 Å². The third-order valence-electron chi connectivity index (χ3n) is 2.40. The van der Waals surface area contributed by atoms with Gasteiger partial charge in [-0.05, 0) is 12.1 Å². The van der Waals surface area contributed by atoms with Crippen LogP contribution in [0.5, 0.6) is 5.75 Å². The van der Waals surface area contributed by atoms with Crippen LogP contribution < -0.4 is 10.5 Å². The van der Waals surface area contributed by atoms with Crippen LogP contribution in [-0.2, 0) is 0 Å². The Morgan fingerprint density at radius 1 is 1.24 bits per heavy atom. The number of halogens is 3. The molecule has 1 heterocycles. The van der Waals surface area contributed by atoms with E-state index in [2.05, 4.69) is 14.7 Å². The number of hydrogen-bond donors (Lipinski definition) is 1. The maximum atomic E-state index is 12.4. The zero-order valence-electron chi connectivity index (χ0n) is 10.2. The molecule has 2 rings (SSSR count). The summed E-state index contributed by atoms with van der Waals surface area (Å²) in [6.45, 7) is 0. The largest absolute Gasteiger partial charge is 0.573 e. The van der Waals surface area contributed by atoms with E-state index >= 15 is 0 Å². The molecule has 21 heavy (non-hydrogen) atoms. The fourth-order valence-corrected chi connectivity index (χ4v) is 1.65. The third-order valence-corrected chi connectivity index (χ3v) is 2.40. The normalized spacial score (nSPS) is 11.2. The zero-order valence-corrected chi connectivity index (χ0v) is 10.2. The lowest BCUT2D eigenvalue weighted by molar-refractivity contribution is -0.383. The Bertz CT molecular complexity index is 691. The number of nitro groups is 1. The molecule has 0 spiro atoms. The van der Waals surface area contributed by atoms with Crippen molar-refractivity contribution in [3.8, 4) is 17.0 Å². The topological polar surface area (TPSA) is 104 Å². The van der Waals surface area contributed by atoms with Crippen molar-refractivity contribution in [2.45, 2.75) is 6.36 Å². The van der Waals surface area contributed by atoms with Crippen LogP contribution in [0.25, 0.3) is 11.3 Å². The van der Waals surface area contributed by atoms with E-state index in [0.717, 1.165) is 12.4 Å². The van der Waals surface area contributed by atoms with Gasteiger partial charge in [0.2, 0.25) is 5.82 Å². The Hall–Kier alpha value is -2.91. The number of benzene rings is 1. The number of ether oxygens (including phenoxy) is 1. The van der Waals surface area contributed by atoms with Crippen LogP contribution in [0.4, 0.5) is 24.7 Å². The number of para-hydroxylation sites is 1. The van der Waals surface area contributed by atoms with E-state index < -0.39 is 28.5 Å². The van der Waals surface area contributed by atoms with Crippen molar-refractivity contribution in [2.75, 3.05) is 5.73 Å². The van der Waals surface area contributed by atoms with Gasteiger partial charge in [-0.25, -0.2) is 9.97 Å². The Balaban J connectivity index is 2.63. The van der Waals surface area contributed by atoms with Crippen molar-refractivity contribution in [3.05, 3.63) is 40.7 Å². The number of nitrogens with zero attached hydrogens (tertiary/aromatic N) is 3. The molecule has 0 aliphatic heterocycles. The number of alkyl halides is 3. The fourth-order valence-electron chi connectivity index (χ4n) is 1.65. The molecule has 0 aliphatic rings. The first-order chi connectivity index (χ1) is 9.79. The standard InChI is InChI=1S/C11H7F3N4O3/c12-11(13,14)21-7-4-2-1-3-6(7)8-9(18(19)20)10(15)17-5-16-8/h1-5H,(H2,15,16,17). The molecule has 0 atom stereocenters. The van der Waals surface area contributed by atoms with Gasteiger partial charge >= 0.3 is 12.0 Å². The number of hydrogen-bond acceptors (Lipinski definition) is 6. The van der Waals surface area contributed by atoms with Crippen LogP contribution in [0.15, 0.2) is 30.6 Å². The van der Waals surface area contributed by atoms with Gasteiger partial charge in [-0.3, -0.25) is 10.1 Å². The summed E-state index contributed by atoms with van der Waals surface area (Å²) in [5.41, 5.74) is 4.13. The molecule has 10 heteroatoms. The molecule has 0 unspecified atom stereocenters. The van der Waals surface area contributed by atoms with E-state index in [1.165, 1.54) is 18.2 Å². The maximum absolute atomic E-state index is 12.4. The monoisotopic (exact) mass is 300 g/mol. The minimum Gasteiger partial charge on any atom is -0.405 e. The molecule has 0 aliphatic carbocycles.